The second-order valence-corrected chi connectivity index (χ2v) is 4.84. The van der Waals surface area contributed by atoms with Gasteiger partial charge in [0.25, 0.3) is 0 Å². The zero-order chi connectivity index (χ0) is 10.0. The summed E-state index contributed by atoms with van der Waals surface area (Å²) in [5, 5.41) is 0. The number of benzene rings is 1. The van der Waals surface area contributed by atoms with E-state index in [-0.39, 0.29) is 5.54 Å². The minimum absolute atomic E-state index is 0.0886. The summed E-state index contributed by atoms with van der Waals surface area (Å²) in [6, 6.07) is 10.8. The molecule has 0 spiro atoms. The van der Waals surface area contributed by atoms with Crippen LogP contribution >= 0.6 is 0 Å². The van der Waals surface area contributed by atoms with Crippen LogP contribution in [0.3, 0.4) is 0 Å². The van der Waals surface area contributed by atoms with Crippen molar-refractivity contribution in [3.05, 3.63) is 35.9 Å². The van der Waals surface area contributed by atoms with Gasteiger partial charge in [0.05, 0.1) is 0 Å². The summed E-state index contributed by atoms with van der Waals surface area (Å²) in [5.41, 5.74) is 7.70. The van der Waals surface area contributed by atoms with Crippen molar-refractivity contribution in [2.45, 2.75) is 44.1 Å². The van der Waals surface area contributed by atoms with E-state index in [1.165, 1.54) is 18.4 Å². The number of hydrogen-bond acceptors (Lipinski definition) is 1. The lowest BCUT2D eigenvalue weighted by Crippen LogP contribution is -2.39. The van der Waals surface area contributed by atoms with Crippen LogP contribution in [0.1, 0.15) is 44.1 Å². The molecule has 1 nitrogen and oxygen atoms in total. The minimum Gasteiger partial charge on any atom is -0.325 e. The highest BCUT2D eigenvalue weighted by molar-refractivity contribution is 5.20. The second kappa shape index (κ2) is 3.74. The Morgan fingerprint density at radius 1 is 1.14 bits per heavy atom. The maximum absolute atomic E-state index is 6.12. The quantitative estimate of drug-likeness (QED) is 0.722. The van der Waals surface area contributed by atoms with Crippen molar-refractivity contribution in [2.75, 3.05) is 0 Å². The third-order valence-electron chi connectivity index (χ3n) is 3.40. The molecule has 0 heterocycles. The number of nitrogens with two attached hydrogens (primary N) is 1. The average Bonchev–Trinajstić information content (AvgIpc) is 2.19. The van der Waals surface area contributed by atoms with Gasteiger partial charge in [0.2, 0.25) is 0 Å². The fourth-order valence-corrected chi connectivity index (χ4v) is 2.34. The molecule has 1 aromatic rings. The summed E-state index contributed by atoms with van der Waals surface area (Å²) in [4.78, 5) is 0. The molecule has 0 amide bonds. The Hall–Kier alpha value is -0.820. The lowest BCUT2D eigenvalue weighted by Gasteiger charge is -2.34. The van der Waals surface area contributed by atoms with Crippen LogP contribution in [0.2, 0.25) is 0 Å². The molecule has 1 aromatic carbocycles. The largest absolute Gasteiger partial charge is 0.325 e. The van der Waals surface area contributed by atoms with Gasteiger partial charge >= 0.3 is 0 Å². The summed E-state index contributed by atoms with van der Waals surface area (Å²) in [6.45, 7) is 2.17. The standard InChI is InChI=1S/C13H19N/c1-13(14)9-7-12(8-10-13)11-5-3-2-4-6-11/h2-6,12H,7-10,14H2,1H3. The summed E-state index contributed by atoms with van der Waals surface area (Å²) in [6.07, 6.45) is 4.81. The Morgan fingerprint density at radius 3 is 2.29 bits per heavy atom. The van der Waals surface area contributed by atoms with E-state index in [1.807, 2.05) is 0 Å². The molecule has 0 aliphatic heterocycles. The van der Waals surface area contributed by atoms with E-state index in [9.17, 15) is 0 Å². The molecule has 0 saturated heterocycles. The molecule has 0 atom stereocenters. The molecule has 1 heteroatoms. The van der Waals surface area contributed by atoms with E-state index in [4.69, 9.17) is 5.73 Å². The van der Waals surface area contributed by atoms with Crippen molar-refractivity contribution < 1.29 is 0 Å². The Morgan fingerprint density at radius 2 is 1.71 bits per heavy atom. The second-order valence-electron chi connectivity index (χ2n) is 4.84. The van der Waals surface area contributed by atoms with Gasteiger partial charge in [0.15, 0.2) is 0 Å². The molecule has 1 fully saturated rings. The molecule has 2 N–H and O–H groups in total. The van der Waals surface area contributed by atoms with E-state index in [0.717, 1.165) is 18.8 Å². The van der Waals surface area contributed by atoms with Crippen molar-refractivity contribution in [3.63, 3.8) is 0 Å². The fraction of sp³-hybridized carbons (Fsp3) is 0.538. The van der Waals surface area contributed by atoms with Crippen LogP contribution in [0.5, 0.6) is 0 Å². The van der Waals surface area contributed by atoms with Crippen LogP contribution < -0.4 is 5.73 Å². The molecule has 0 aromatic heterocycles. The van der Waals surface area contributed by atoms with Gasteiger partial charge in [-0.1, -0.05) is 30.3 Å². The van der Waals surface area contributed by atoms with Crippen molar-refractivity contribution in [1.82, 2.24) is 0 Å². The number of hydrogen-bond donors (Lipinski definition) is 1. The predicted molar refractivity (Wildman–Crippen MR) is 60.2 cm³/mol. The lowest BCUT2D eigenvalue weighted by atomic mass is 9.76. The van der Waals surface area contributed by atoms with Crippen LogP contribution in [0.25, 0.3) is 0 Å². The Balaban J connectivity index is 2.03. The van der Waals surface area contributed by atoms with Gasteiger partial charge in [-0.25, -0.2) is 0 Å². The third kappa shape index (κ3) is 2.16. The maximum Gasteiger partial charge on any atom is 0.0126 e. The van der Waals surface area contributed by atoms with E-state index in [1.54, 1.807) is 0 Å². The third-order valence-corrected chi connectivity index (χ3v) is 3.40. The van der Waals surface area contributed by atoms with E-state index in [2.05, 4.69) is 37.3 Å². The van der Waals surface area contributed by atoms with Crippen LogP contribution in [0.4, 0.5) is 0 Å². The maximum atomic E-state index is 6.12. The first-order valence-electron chi connectivity index (χ1n) is 5.51. The average molecular weight is 189 g/mol. The van der Waals surface area contributed by atoms with E-state index in [0.29, 0.717) is 0 Å². The van der Waals surface area contributed by atoms with Gasteiger partial charge in [0.1, 0.15) is 0 Å². The van der Waals surface area contributed by atoms with Gasteiger partial charge in [-0.05, 0) is 44.1 Å². The summed E-state index contributed by atoms with van der Waals surface area (Å²) in [7, 11) is 0. The first-order valence-corrected chi connectivity index (χ1v) is 5.51. The SMILES string of the molecule is CC1(N)CCC(c2ccccc2)CC1. The van der Waals surface area contributed by atoms with Gasteiger partial charge in [-0.15, -0.1) is 0 Å². The fourth-order valence-electron chi connectivity index (χ4n) is 2.34. The predicted octanol–water partition coefficient (Wildman–Crippen LogP) is 3.06. The molecule has 76 valence electrons. The van der Waals surface area contributed by atoms with Crippen molar-refractivity contribution >= 4 is 0 Å². The van der Waals surface area contributed by atoms with Crippen LogP contribution in [0.15, 0.2) is 30.3 Å². The Labute approximate surface area is 86.3 Å². The van der Waals surface area contributed by atoms with Crippen LogP contribution in [0, 0.1) is 0 Å². The topological polar surface area (TPSA) is 26.0 Å². The molecule has 1 aliphatic carbocycles. The molecule has 0 bridgehead atoms. The highest BCUT2D eigenvalue weighted by atomic mass is 14.7. The number of rotatable bonds is 1. The minimum atomic E-state index is 0.0886. The summed E-state index contributed by atoms with van der Waals surface area (Å²) >= 11 is 0. The van der Waals surface area contributed by atoms with Gasteiger partial charge in [0, 0.05) is 5.54 Å². The van der Waals surface area contributed by atoms with Gasteiger partial charge in [-0.3, -0.25) is 0 Å². The molecule has 14 heavy (non-hydrogen) atoms. The smallest absolute Gasteiger partial charge is 0.0126 e. The van der Waals surface area contributed by atoms with Crippen molar-refractivity contribution in [3.8, 4) is 0 Å². The first kappa shape index (κ1) is 9.72. The van der Waals surface area contributed by atoms with Crippen molar-refractivity contribution in [1.29, 1.82) is 0 Å². The van der Waals surface area contributed by atoms with E-state index >= 15 is 0 Å². The molecular formula is C13H19N. The highest BCUT2D eigenvalue weighted by Crippen LogP contribution is 2.36. The van der Waals surface area contributed by atoms with Crippen molar-refractivity contribution in [2.24, 2.45) is 5.73 Å². The highest BCUT2D eigenvalue weighted by Gasteiger charge is 2.27. The van der Waals surface area contributed by atoms with Crippen LogP contribution in [-0.4, -0.2) is 5.54 Å². The zero-order valence-corrected chi connectivity index (χ0v) is 8.87. The molecular weight excluding hydrogens is 170 g/mol. The summed E-state index contributed by atoms with van der Waals surface area (Å²) in [5.74, 6) is 0.743. The molecule has 1 aliphatic rings. The molecule has 2 rings (SSSR count). The van der Waals surface area contributed by atoms with Gasteiger partial charge in [-0.2, -0.15) is 0 Å². The monoisotopic (exact) mass is 189 g/mol. The molecule has 1 saturated carbocycles. The molecule has 0 radical (unpaired) electrons. The van der Waals surface area contributed by atoms with Crippen LogP contribution in [-0.2, 0) is 0 Å². The first-order chi connectivity index (χ1) is 6.67. The summed E-state index contributed by atoms with van der Waals surface area (Å²) < 4.78 is 0. The lowest BCUT2D eigenvalue weighted by molar-refractivity contribution is 0.295. The zero-order valence-electron chi connectivity index (χ0n) is 8.87. The van der Waals surface area contributed by atoms with E-state index < -0.39 is 0 Å². The molecule has 0 unspecified atom stereocenters. The Kier molecular flexibility index (Phi) is 2.60. The normalized spacial score (nSPS) is 32.9. The van der Waals surface area contributed by atoms with Gasteiger partial charge < -0.3 is 5.73 Å². The Bertz CT molecular complexity index is 279.